The minimum absolute atomic E-state index is 0.0945. The SMILES string of the molecule is CNC(CN1CC(C)CCC1C)(C(=O)OC)C1CC1. The van der Waals surface area contributed by atoms with Crippen LogP contribution in [0.25, 0.3) is 0 Å². The molecule has 0 bridgehead atoms. The molecule has 4 heteroatoms. The molecule has 1 saturated carbocycles. The number of likely N-dealkylation sites (tertiary alicyclic amines) is 1. The van der Waals surface area contributed by atoms with Crippen molar-refractivity contribution in [3.63, 3.8) is 0 Å². The molecule has 1 aliphatic heterocycles. The monoisotopic (exact) mass is 268 g/mol. The van der Waals surface area contributed by atoms with Crippen LogP contribution in [0.4, 0.5) is 0 Å². The maximum atomic E-state index is 12.3. The van der Waals surface area contributed by atoms with E-state index >= 15 is 0 Å². The number of carbonyl (C=O) groups excluding carboxylic acids is 1. The van der Waals surface area contributed by atoms with Gasteiger partial charge in [0.05, 0.1) is 7.11 Å². The predicted octanol–water partition coefficient (Wildman–Crippen LogP) is 1.65. The molecule has 1 N–H and O–H groups in total. The minimum atomic E-state index is -0.500. The van der Waals surface area contributed by atoms with Crippen molar-refractivity contribution in [1.82, 2.24) is 10.2 Å². The lowest BCUT2D eigenvalue weighted by Gasteiger charge is -2.42. The summed E-state index contributed by atoms with van der Waals surface area (Å²) < 4.78 is 5.08. The van der Waals surface area contributed by atoms with Gasteiger partial charge in [-0.1, -0.05) is 6.92 Å². The summed E-state index contributed by atoms with van der Waals surface area (Å²) >= 11 is 0. The van der Waals surface area contributed by atoms with Gasteiger partial charge in [0.2, 0.25) is 0 Å². The van der Waals surface area contributed by atoms with Crippen molar-refractivity contribution in [2.45, 2.75) is 51.1 Å². The quantitative estimate of drug-likeness (QED) is 0.770. The number of methoxy groups -OCH3 is 1. The van der Waals surface area contributed by atoms with Gasteiger partial charge in [0.1, 0.15) is 5.54 Å². The maximum absolute atomic E-state index is 12.3. The van der Waals surface area contributed by atoms with Gasteiger partial charge in [-0.15, -0.1) is 0 Å². The van der Waals surface area contributed by atoms with E-state index in [1.807, 2.05) is 7.05 Å². The summed E-state index contributed by atoms with van der Waals surface area (Å²) in [7, 11) is 3.40. The number of nitrogens with one attached hydrogen (secondary N) is 1. The first-order chi connectivity index (χ1) is 9.03. The van der Waals surface area contributed by atoms with Crippen molar-refractivity contribution >= 4 is 5.97 Å². The number of carbonyl (C=O) groups is 1. The Morgan fingerprint density at radius 1 is 1.32 bits per heavy atom. The van der Waals surface area contributed by atoms with E-state index in [0.717, 1.165) is 31.8 Å². The first kappa shape index (κ1) is 14.8. The molecular weight excluding hydrogens is 240 g/mol. The third-order valence-electron chi connectivity index (χ3n) is 4.97. The van der Waals surface area contributed by atoms with Crippen LogP contribution in [0.3, 0.4) is 0 Å². The van der Waals surface area contributed by atoms with Crippen LogP contribution in [0.1, 0.15) is 39.5 Å². The number of piperidine rings is 1. The molecule has 1 heterocycles. The molecule has 2 fully saturated rings. The lowest BCUT2D eigenvalue weighted by molar-refractivity contribution is -0.151. The standard InChI is InChI=1S/C15H28N2O2/c1-11-5-6-12(2)17(9-11)10-15(16-3,13-7-8-13)14(18)19-4/h11-13,16H,5-10H2,1-4H3. The van der Waals surface area contributed by atoms with E-state index in [4.69, 9.17) is 4.74 Å². The predicted molar refractivity (Wildman–Crippen MR) is 76.0 cm³/mol. The maximum Gasteiger partial charge on any atom is 0.327 e. The Kier molecular flexibility index (Phi) is 4.51. The molecule has 0 aromatic carbocycles. The van der Waals surface area contributed by atoms with Gasteiger partial charge < -0.3 is 10.1 Å². The molecule has 4 nitrogen and oxygen atoms in total. The summed E-state index contributed by atoms with van der Waals surface area (Å²) in [5.41, 5.74) is -0.500. The number of ether oxygens (including phenoxy) is 1. The van der Waals surface area contributed by atoms with Crippen LogP contribution in [-0.4, -0.2) is 49.7 Å². The molecule has 110 valence electrons. The van der Waals surface area contributed by atoms with Gasteiger partial charge in [0.25, 0.3) is 0 Å². The highest BCUT2D eigenvalue weighted by atomic mass is 16.5. The van der Waals surface area contributed by atoms with Crippen LogP contribution in [0.15, 0.2) is 0 Å². The van der Waals surface area contributed by atoms with Crippen molar-refractivity contribution in [3.8, 4) is 0 Å². The summed E-state index contributed by atoms with van der Waals surface area (Å²) in [6, 6.07) is 0.562. The van der Waals surface area contributed by atoms with E-state index < -0.39 is 5.54 Å². The molecule has 0 radical (unpaired) electrons. The number of nitrogens with zero attached hydrogens (tertiary/aromatic N) is 1. The fraction of sp³-hybridized carbons (Fsp3) is 0.933. The van der Waals surface area contributed by atoms with E-state index in [1.54, 1.807) is 0 Å². The molecule has 2 rings (SSSR count). The first-order valence-corrected chi connectivity index (χ1v) is 7.55. The summed E-state index contributed by atoms with van der Waals surface area (Å²) in [6.07, 6.45) is 4.79. The van der Waals surface area contributed by atoms with E-state index in [0.29, 0.717) is 12.0 Å². The van der Waals surface area contributed by atoms with Gasteiger partial charge in [-0.25, -0.2) is 4.79 Å². The molecular formula is C15H28N2O2. The summed E-state index contributed by atoms with van der Waals surface area (Å²) in [4.78, 5) is 14.8. The zero-order valence-electron chi connectivity index (χ0n) is 12.7. The van der Waals surface area contributed by atoms with Crippen LogP contribution in [0.2, 0.25) is 0 Å². The highest BCUT2D eigenvalue weighted by Crippen LogP contribution is 2.41. The van der Waals surface area contributed by atoms with E-state index in [9.17, 15) is 4.79 Å². The zero-order valence-corrected chi connectivity index (χ0v) is 12.7. The molecule has 19 heavy (non-hydrogen) atoms. The Labute approximate surface area is 116 Å². The molecule has 1 aliphatic carbocycles. The summed E-state index contributed by atoms with van der Waals surface area (Å²) in [6.45, 7) is 6.45. The van der Waals surface area contributed by atoms with E-state index in [1.165, 1.54) is 20.0 Å². The lowest BCUT2D eigenvalue weighted by atomic mass is 9.88. The highest BCUT2D eigenvalue weighted by molar-refractivity contribution is 5.82. The molecule has 0 aromatic heterocycles. The van der Waals surface area contributed by atoms with Gasteiger partial charge in [-0.2, -0.15) is 0 Å². The Hall–Kier alpha value is -0.610. The van der Waals surface area contributed by atoms with Crippen LogP contribution < -0.4 is 5.32 Å². The van der Waals surface area contributed by atoms with Crippen molar-refractivity contribution in [2.24, 2.45) is 11.8 Å². The topological polar surface area (TPSA) is 41.6 Å². The van der Waals surface area contributed by atoms with Crippen LogP contribution in [0.5, 0.6) is 0 Å². The van der Waals surface area contributed by atoms with Crippen molar-refractivity contribution < 1.29 is 9.53 Å². The molecule has 0 aromatic rings. The number of esters is 1. The molecule has 1 saturated heterocycles. The highest BCUT2D eigenvalue weighted by Gasteiger charge is 2.52. The zero-order chi connectivity index (χ0) is 14.0. The van der Waals surface area contributed by atoms with Gasteiger partial charge in [-0.05, 0) is 51.5 Å². The minimum Gasteiger partial charge on any atom is -0.468 e. The average Bonchev–Trinajstić information content (AvgIpc) is 3.23. The Balaban J connectivity index is 2.12. The third-order valence-corrected chi connectivity index (χ3v) is 4.97. The lowest BCUT2D eigenvalue weighted by Crippen LogP contribution is -2.62. The van der Waals surface area contributed by atoms with Crippen LogP contribution >= 0.6 is 0 Å². The number of hydrogen-bond donors (Lipinski definition) is 1. The summed E-state index contributed by atoms with van der Waals surface area (Å²) in [5, 5.41) is 3.29. The van der Waals surface area contributed by atoms with Crippen molar-refractivity contribution in [1.29, 1.82) is 0 Å². The molecule has 0 spiro atoms. The molecule has 2 aliphatic rings. The van der Waals surface area contributed by atoms with Crippen LogP contribution in [-0.2, 0) is 9.53 Å². The van der Waals surface area contributed by atoms with Crippen molar-refractivity contribution in [3.05, 3.63) is 0 Å². The molecule has 3 atom stereocenters. The van der Waals surface area contributed by atoms with Gasteiger partial charge in [-0.3, -0.25) is 4.90 Å². The number of rotatable bonds is 5. The van der Waals surface area contributed by atoms with Gasteiger partial charge in [0.15, 0.2) is 0 Å². The van der Waals surface area contributed by atoms with Gasteiger partial charge >= 0.3 is 5.97 Å². The van der Waals surface area contributed by atoms with E-state index in [2.05, 4.69) is 24.1 Å². The molecule has 0 amide bonds. The second kappa shape index (κ2) is 5.80. The van der Waals surface area contributed by atoms with Crippen molar-refractivity contribution in [2.75, 3.05) is 27.2 Å². The fourth-order valence-electron chi connectivity index (χ4n) is 3.42. The third kappa shape index (κ3) is 2.95. The summed E-state index contributed by atoms with van der Waals surface area (Å²) in [5.74, 6) is 1.07. The van der Waals surface area contributed by atoms with E-state index in [-0.39, 0.29) is 5.97 Å². The molecule has 3 unspecified atom stereocenters. The largest absolute Gasteiger partial charge is 0.468 e. The number of hydrogen-bond acceptors (Lipinski definition) is 4. The van der Waals surface area contributed by atoms with Gasteiger partial charge in [0, 0.05) is 19.1 Å². The van der Waals surface area contributed by atoms with Crippen LogP contribution in [0, 0.1) is 11.8 Å². The Morgan fingerprint density at radius 2 is 2.00 bits per heavy atom. The first-order valence-electron chi connectivity index (χ1n) is 7.55. The second-order valence-corrected chi connectivity index (χ2v) is 6.45. The second-order valence-electron chi connectivity index (χ2n) is 6.45. The average molecular weight is 268 g/mol. The Morgan fingerprint density at radius 3 is 2.53 bits per heavy atom. The smallest absolute Gasteiger partial charge is 0.327 e. The normalized spacial score (nSPS) is 31.8. The fourth-order valence-corrected chi connectivity index (χ4v) is 3.42. The Bertz CT molecular complexity index is 330. The number of likely N-dealkylation sites (N-methyl/N-ethyl adjacent to an activating group) is 1.